The van der Waals surface area contributed by atoms with Crippen molar-refractivity contribution in [2.24, 2.45) is 5.92 Å². The molecule has 0 amide bonds. The number of rotatable bonds is 2. The summed E-state index contributed by atoms with van der Waals surface area (Å²) in [6.45, 7) is 7.40. The predicted octanol–water partition coefficient (Wildman–Crippen LogP) is 2.53. The maximum absolute atomic E-state index is 6.00. The Hall–Kier alpha value is -1.26. The molecule has 20 heavy (non-hydrogen) atoms. The standard InChI is InChI=1S/C16H23NO3/c1-11(2)13-5-6-18-16(10-17-13)12-3-4-14-15(9-12)20-8-7-19-14/h3-4,9,11,13,16-17H,5-8,10H2,1-2H3. The van der Waals surface area contributed by atoms with Crippen LogP contribution in [0, 0.1) is 5.92 Å². The first-order valence-corrected chi connectivity index (χ1v) is 7.48. The second-order valence-corrected chi connectivity index (χ2v) is 5.81. The third kappa shape index (κ3) is 2.91. The molecule has 0 saturated carbocycles. The van der Waals surface area contributed by atoms with Gasteiger partial charge in [-0.15, -0.1) is 0 Å². The van der Waals surface area contributed by atoms with Crippen LogP contribution in [-0.2, 0) is 4.74 Å². The van der Waals surface area contributed by atoms with Crippen molar-refractivity contribution < 1.29 is 14.2 Å². The van der Waals surface area contributed by atoms with Gasteiger partial charge in [-0.05, 0) is 30.0 Å². The molecule has 2 aliphatic rings. The molecular weight excluding hydrogens is 254 g/mol. The van der Waals surface area contributed by atoms with Gasteiger partial charge in [-0.2, -0.15) is 0 Å². The van der Waals surface area contributed by atoms with Gasteiger partial charge < -0.3 is 19.5 Å². The van der Waals surface area contributed by atoms with E-state index in [0.717, 1.165) is 36.6 Å². The minimum absolute atomic E-state index is 0.0922. The van der Waals surface area contributed by atoms with Crippen LogP contribution in [0.25, 0.3) is 0 Å². The summed E-state index contributed by atoms with van der Waals surface area (Å²) in [6, 6.07) is 6.65. The van der Waals surface area contributed by atoms with E-state index in [-0.39, 0.29) is 6.10 Å². The van der Waals surface area contributed by atoms with Crippen LogP contribution in [-0.4, -0.2) is 32.4 Å². The summed E-state index contributed by atoms with van der Waals surface area (Å²) < 4.78 is 17.2. The molecule has 2 aliphatic heterocycles. The monoisotopic (exact) mass is 277 g/mol. The van der Waals surface area contributed by atoms with Gasteiger partial charge in [0.05, 0.1) is 6.10 Å². The number of benzene rings is 1. The molecule has 2 heterocycles. The lowest BCUT2D eigenvalue weighted by Gasteiger charge is -2.22. The van der Waals surface area contributed by atoms with Crippen LogP contribution in [0.2, 0.25) is 0 Å². The molecule has 2 atom stereocenters. The quantitative estimate of drug-likeness (QED) is 0.901. The van der Waals surface area contributed by atoms with E-state index in [0.29, 0.717) is 25.2 Å². The number of ether oxygens (including phenoxy) is 3. The zero-order valence-corrected chi connectivity index (χ0v) is 12.2. The lowest BCUT2D eigenvalue weighted by Crippen LogP contribution is -2.34. The van der Waals surface area contributed by atoms with E-state index in [2.05, 4.69) is 31.3 Å². The molecule has 0 aliphatic carbocycles. The molecule has 2 unspecified atom stereocenters. The molecule has 1 N–H and O–H groups in total. The van der Waals surface area contributed by atoms with Crippen LogP contribution < -0.4 is 14.8 Å². The molecule has 110 valence electrons. The second-order valence-electron chi connectivity index (χ2n) is 5.81. The number of hydrogen-bond donors (Lipinski definition) is 1. The van der Waals surface area contributed by atoms with E-state index in [9.17, 15) is 0 Å². The average molecular weight is 277 g/mol. The first-order chi connectivity index (χ1) is 9.74. The Morgan fingerprint density at radius 3 is 2.70 bits per heavy atom. The Labute approximate surface area is 120 Å². The van der Waals surface area contributed by atoms with Crippen LogP contribution in [0.1, 0.15) is 31.9 Å². The van der Waals surface area contributed by atoms with Gasteiger partial charge in [0.2, 0.25) is 0 Å². The van der Waals surface area contributed by atoms with Crippen molar-refractivity contribution in [3.63, 3.8) is 0 Å². The fraction of sp³-hybridized carbons (Fsp3) is 0.625. The van der Waals surface area contributed by atoms with Gasteiger partial charge in [0.1, 0.15) is 13.2 Å². The lowest BCUT2D eigenvalue weighted by molar-refractivity contribution is 0.0655. The molecule has 1 aromatic rings. The van der Waals surface area contributed by atoms with E-state index in [4.69, 9.17) is 14.2 Å². The zero-order valence-electron chi connectivity index (χ0n) is 12.2. The molecule has 3 rings (SSSR count). The van der Waals surface area contributed by atoms with Crippen molar-refractivity contribution in [1.29, 1.82) is 0 Å². The average Bonchev–Trinajstić information content (AvgIpc) is 2.73. The van der Waals surface area contributed by atoms with Crippen LogP contribution in [0.3, 0.4) is 0 Å². The van der Waals surface area contributed by atoms with Gasteiger partial charge in [-0.25, -0.2) is 0 Å². The van der Waals surface area contributed by atoms with Crippen molar-refractivity contribution in [2.75, 3.05) is 26.4 Å². The Kier molecular flexibility index (Phi) is 4.13. The summed E-state index contributed by atoms with van der Waals surface area (Å²) in [7, 11) is 0. The highest BCUT2D eigenvalue weighted by atomic mass is 16.6. The maximum atomic E-state index is 6.00. The van der Waals surface area contributed by atoms with Crippen molar-refractivity contribution in [3.8, 4) is 11.5 Å². The molecule has 0 bridgehead atoms. The lowest BCUT2D eigenvalue weighted by atomic mass is 10.0. The molecule has 1 fully saturated rings. The maximum Gasteiger partial charge on any atom is 0.161 e. The van der Waals surface area contributed by atoms with Gasteiger partial charge >= 0.3 is 0 Å². The molecule has 0 aromatic heterocycles. The van der Waals surface area contributed by atoms with Crippen molar-refractivity contribution in [2.45, 2.75) is 32.4 Å². The van der Waals surface area contributed by atoms with E-state index in [1.54, 1.807) is 0 Å². The largest absolute Gasteiger partial charge is 0.486 e. The molecule has 0 radical (unpaired) electrons. The number of hydrogen-bond acceptors (Lipinski definition) is 4. The zero-order chi connectivity index (χ0) is 13.9. The smallest absolute Gasteiger partial charge is 0.161 e. The molecular formula is C16H23NO3. The third-order valence-electron chi connectivity index (χ3n) is 4.06. The molecule has 0 spiro atoms. The Balaban J connectivity index is 1.72. The molecule has 1 aromatic carbocycles. The Bertz CT molecular complexity index is 461. The fourth-order valence-electron chi connectivity index (χ4n) is 2.80. The highest BCUT2D eigenvalue weighted by Crippen LogP contribution is 2.34. The normalized spacial score (nSPS) is 26.4. The van der Waals surface area contributed by atoms with E-state index in [1.165, 1.54) is 0 Å². The Morgan fingerprint density at radius 1 is 1.10 bits per heavy atom. The summed E-state index contributed by atoms with van der Waals surface area (Å²) in [4.78, 5) is 0. The van der Waals surface area contributed by atoms with Crippen LogP contribution in [0.15, 0.2) is 18.2 Å². The first-order valence-electron chi connectivity index (χ1n) is 7.48. The topological polar surface area (TPSA) is 39.7 Å². The van der Waals surface area contributed by atoms with Crippen molar-refractivity contribution in [1.82, 2.24) is 5.32 Å². The fourth-order valence-corrected chi connectivity index (χ4v) is 2.80. The second kappa shape index (κ2) is 6.02. The number of fused-ring (bicyclic) bond motifs is 1. The summed E-state index contributed by atoms with van der Waals surface area (Å²) in [6.07, 6.45) is 1.16. The van der Waals surface area contributed by atoms with E-state index < -0.39 is 0 Å². The Morgan fingerprint density at radius 2 is 1.90 bits per heavy atom. The first kappa shape index (κ1) is 13.7. The van der Waals surface area contributed by atoms with Gasteiger partial charge in [-0.1, -0.05) is 19.9 Å². The highest BCUT2D eigenvalue weighted by Gasteiger charge is 2.23. The summed E-state index contributed by atoms with van der Waals surface area (Å²) >= 11 is 0. The van der Waals surface area contributed by atoms with Gasteiger partial charge in [-0.3, -0.25) is 0 Å². The molecule has 1 saturated heterocycles. The van der Waals surface area contributed by atoms with Crippen LogP contribution >= 0.6 is 0 Å². The predicted molar refractivity (Wildman–Crippen MR) is 77.4 cm³/mol. The number of nitrogens with one attached hydrogen (secondary N) is 1. The van der Waals surface area contributed by atoms with Crippen LogP contribution in [0.4, 0.5) is 0 Å². The third-order valence-corrected chi connectivity index (χ3v) is 4.06. The van der Waals surface area contributed by atoms with E-state index >= 15 is 0 Å². The van der Waals surface area contributed by atoms with Crippen molar-refractivity contribution in [3.05, 3.63) is 23.8 Å². The van der Waals surface area contributed by atoms with E-state index in [1.807, 2.05) is 6.07 Å². The van der Waals surface area contributed by atoms with Gasteiger partial charge in [0, 0.05) is 19.2 Å². The SMILES string of the molecule is CC(C)C1CCOC(c2ccc3c(c2)OCCO3)CN1. The summed E-state index contributed by atoms with van der Waals surface area (Å²) in [5.74, 6) is 2.31. The summed E-state index contributed by atoms with van der Waals surface area (Å²) in [5, 5.41) is 3.61. The van der Waals surface area contributed by atoms with Gasteiger partial charge in [0.15, 0.2) is 11.5 Å². The van der Waals surface area contributed by atoms with Crippen molar-refractivity contribution >= 4 is 0 Å². The minimum atomic E-state index is 0.0922. The van der Waals surface area contributed by atoms with Gasteiger partial charge in [0.25, 0.3) is 0 Å². The summed E-state index contributed by atoms with van der Waals surface area (Å²) in [5.41, 5.74) is 1.16. The van der Waals surface area contributed by atoms with Crippen LogP contribution in [0.5, 0.6) is 11.5 Å². The highest BCUT2D eigenvalue weighted by molar-refractivity contribution is 5.44. The minimum Gasteiger partial charge on any atom is -0.486 e. The molecule has 4 heteroatoms. The molecule has 4 nitrogen and oxygen atoms in total.